The molecule has 2 aromatic rings. The van der Waals surface area contributed by atoms with Crippen molar-refractivity contribution in [2.75, 3.05) is 0 Å². The van der Waals surface area contributed by atoms with Gasteiger partial charge in [-0.05, 0) is 37.8 Å². The van der Waals surface area contributed by atoms with Crippen LogP contribution in [0.5, 0.6) is 0 Å². The maximum atomic E-state index is 12.5. The third kappa shape index (κ3) is 2.01. The highest BCUT2D eigenvalue weighted by molar-refractivity contribution is 5.76. The Morgan fingerprint density at radius 3 is 2.63 bits per heavy atom. The van der Waals surface area contributed by atoms with Gasteiger partial charge in [0.1, 0.15) is 0 Å². The molecule has 1 saturated carbocycles. The van der Waals surface area contributed by atoms with E-state index in [0.717, 1.165) is 17.6 Å². The van der Waals surface area contributed by atoms with Crippen LogP contribution in [-0.2, 0) is 6.54 Å². The lowest BCUT2D eigenvalue weighted by molar-refractivity contribution is 0.571. The fourth-order valence-corrected chi connectivity index (χ4v) is 3.18. The maximum Gasteiger partial charge on any atom is 0.329 e. The molecule has 1 aliphatic carbocycles. The van der Waals surface area contributed by atoms with Gasteiger partial charge < -0.3 is 0 Å². The second-order valence-corrected chi connectivity index (χ2v) is 5.59. The lowest BCUT2D eigenvalue weighted by atomic mass is 10.2. The molecule has 1 fully saturated rings. The van der Waals surface area contributed by atoms with E-state index in [2.05, 4.69) is 19.1 Å². The number of rotatable bonds is 5. The molecule has 3 rings (SSSR count). The van der Waals surface area contributed by atoms with E-state index in [-0.39, 0.29) is 5.69 Å². The molecule has 2 atom stereocenters. The summed E-state index contributed by atoms with van der Waals surface area (Å²) >= 11 is 0. The summed E-state index contributed by atoms with van der Waals surface area (Å²) in [7, 11) is 0. The van der Waals surface area contributed by atoms with Crippen LogP contribution < -0.4 is 5.69 Å². The van der Waals surface area contributed by atoms with Crippen molar-refractivity contribution in [2.45, 2.75) is 52.1 Å². The van der Waals surface area contributed by atoms with Crippen LogP contribution in [0, 0.1) is 5.92 Å². The van der Waals surface area contributed by atoms with Crippen molar-refractivity contribution in [3.05, 3.63) is 34.7 Å². The first-order valence-electron chi connectivity index (χ1n) is 7.47. The van der Waals surface area contributed by atoms with Crippen LogP contribution >= 0.6 is 0 Å². The van der Waals surface area contributed by atoms with Gasteiger partial charge in [0.2, 0.25) is 0 Å². The zero-order chi connectivity index (χ0) is 13.4. The highest BCUT2D eigenvalue weighted by atomic mass is 16.1. The summed E-state index contributed by atoms with van der Waals surface area (Å²) in [5.41, 5.74) is 2.36. The Hall–Kier alpha value is -1.51. The van der Waals surface area contributed by atoms with Crippen molar-refractivity contribution in [3.8, 4) is 0 Å². The first-order valence-corrected chi connectivity index (χ1v) is 7.47. The van der Waals surface area contributed by atoms with Crippen molar-refractivity contribution >= 4 is 11.0 Å². The molecule has 0 saturated heterocycles. The van der Waals surface area contributed by atoms with E-state index in [1.807, 2.05) is 28.2 Å². The van der Waals surface area contributed by atoms with Gasteiger partial charge in [0.15, 0.2) is 0 Å². The normalized spacial score (nSPS) is 22.0. The van der Waals surface area contributed by atoms with Gasteiger partial charge >= 0.3 is 5.69 Å². The van der Waals surface area contributed by atoms with Gasteiger partial charge in [-0.25, -0.2) is 4.79 Å². The summed E-state index contributed by atoms with van der Waals surface area (Å²) in [6.07, 6.45) is 4.97. The number of aromatic nitrogens is 2. The molecule has 3 heteroatoms. The third-order valence-corrected chi connectivity index (χ3v) is 4.33. The first kappa shape index (κ1) is 12.5. The Morgan fingerprint density at radius 1 is 1.21 bits per heavy atom. The molecular weight excluding hydrogens is 236 g/mol. The van der Waals surface area contributed by atoms with Crippen LogP contribution in [-0.4, -0.2) is 9.13 Å². The van der Waals surface area contributed by atoms with E-state index in [9.17, 15) is 4.79 Å². The SMILES string of the molecule is CCCCC1CC1n1c(=O)n(CC)c2ccccc21. The lowest BCUT2D eigenvalue weighted by Gasteiger charge is -2.02. The molecular formula is C16H22N2O. The van der Waals surface area contributed by atoms with E-state index >= 15 is 0 Å². The molecule has 1 heterocycles. The van der Waals surface area contributed by atoms with Crippen molar-refractivity contribution in [2.24, 2.45) is 5.92 Å². The highest BCUT2D eigenvalue weighted by Gasteiger charge is 2.40. The Balaban J connectivity index is 2.01. The smallest absolute Gasteiger partial charge is 0.292 e. The molecule has 19 heavy (non-hydrogen) atoms. The molecule has 1 aromatic heterocycles. The minimum absolute atomic E-state index is 0.174. The van der Waals surface area contributed by atoms with E-state index in [1.165, 1.54) is 25.7 Å². The number of fused-ring (bicyclic) bond motifs is 1. The van der Waals surface area contributed by atoms with Gasteiger partial charge in [-0.1, -0.05) is 31.9 Å². The number of hydrogen-bond acceptors (Lipinski definition) is 1. The van der Waals surface area contributed by atoms with Gasteiger partial charge in [-0.15, -0.1) is 0 Å². The first-order chi connectivity index (χ1) is 9.27. The van der Waals surface area contributed by atoms with E-state index in [4.69, 9.17) is 0 Å². The third-order valence-electron chi connectivity index (χ3n) is 4.33. The summed E-state index contributed by atoms with van der Waals surface area (Å²) in [6, 6.07) is 8.62. The summed E-state index contributed by atoms with van der Waals surface area (Å²) in [5.74, 6) is 0.716. The molecule has 0 N–H and O–H groups in total. The molecule has 102 valence electrons. The maximum absolute atomic E-state index is 12.5. The Bertz CT molecular complexity index is 638. The fraction of sp³-hybridized carbons (Fsp3) is 0.562. The van der Waals surface area contributed by atoms with E-state index < -0.39 is 0 Å². The van der Waals surface area contributed by atoms with E-state index in [0.29, 0.717) is 12.0 Å². The lowest BCUT2D eigenvalue weighted by Crippen LogP contribution is -2.23. The average molecular weight is 258 g/mol. The van der Waals surface area contributed by atoms with Gasteiger partial charge in [0.05, 0.1) is 11.0 Å². The predicted molar refractivity (Wildman–Crippen MR) is 78.5 cm³/mol. The predicted octanol–water partition coefficient (Wildman–Crippen LogP) is 3.57. The standard InChI is InChI=1S/C16H22N2O/c1-3-5-8-12-11-15(12)18-14-10-7-6-9-13(14)17(4-2)16(18)19/h6-7,9-10,12,15H,3-5,8,11H2,1-2H3. The Labute approximate surface area is 113 Å². The van der Waals surface area contributed by atoms with Crippen LogP contribution in [0.3, 0.4) is 0 Å². The Morgan fingerprint density at radius 2 is 1.95 bits per heavy atom. The fourth-order valence-electron chi connectivity index (χ4n) is 3.18. The number of nitrogens with zero attached hydrogens (tertiary/aromatic N) is 2. The van der Waals surface area contributed by atoms with Crippen LogP contribution in [0.4, 0.5) is 0 Å². The highest BCUT2D eigenvalue weighted by Crippen LogP contribution is 2.47. The quantitative estimate of drug-likeness (QED) is 0.805. The van der Waals surface area contributed by atoms with Crippen LogP contribution in [0.2, 0.25) is 0 Å². The summed E-state index contributed by atoms with van der Waals surface area (Å²) < 4.78 is 3.93. The van der Waals surface area contributed by atoms with Crippen molar-refractivity contribution in [3.63, 3.8) is 0 Å². The molecule has 3 nitrogen and oxygen atoms in total. The molecule has 1 aromatic carbocycles. The van der Waals surface area contributed by atoms with Crippen LogP contribution in [0.1, 0.15) is 45.6 Å². The summed E-state index contributed by atoms with van der Waals surface area (Å²) in [4.78, 5) is 12.5. The minimum atomic E-state index is 0.174. The average Bonchev–Trinajstić information content (AvgIpc) is 3.12. The zero-order valence-electron chi connectivity index (χ0n) is 11.8. The molecule has 0 aliphatic heterocycles. The van der Waals surface area contributed by atoms with Gasteiger partial charge in [0.25, 0.3) is 0 Å². The molecule has 0 radical (unpaired) electrons. The second kappa shape index (κ2) is 4.87. The molecule has 0 bridgehead atoms. The number of para-hydroxylation sites is 2. The molecule has 0 amide bonds. The van der Waals surface area contributed by atoms with Gasteiger partial charge in [-0.3, -0.25) is 9.13 Å². The van der Waals surface area contributed by atoms with Gasteiger partial charge in [0, 0.05) is 12.6 Å². The van der Waals surface area contributed by atoms with Crippen molar-refractivity contribution in [1.82, 2.24) is 9.13 Å². The molecule has 1 aliphatic rings. The minimum Gasteiger partial charge on any atom is -0.292 e. The number of unbranched alkanes of at least 4 members (excludes halogenated alkanes) is 1. The number of aryl methyl sites for hydroxylation is 1. The Kier molecular flexibility index (Phi) is 3.21. The van der Waals surface area contributed by atoms with Crippen molar-refractivity contribution < 1.29 is 0 Å². The summed E-state index contributed by atoms with van der Waals surface area (Å²) in [5, 5.41) is 0. The molecule has 0 spiro atoms. The van der Waals surface area contributed by atoms with E-state index in [1.54, 1.807) is 0 Å². The number of benzene rings is 1. The largest absolute Gasteiger partial charge is 0.329 e. The van der Waals surface area contributed by atoms with Crippen LogP contribution in [0.15, 0.2) is 29.1 Å². The molecule has 2 unspecified atom stereocenters. The monoisotopic (exact) mass is 258 g/mol. The van der Waals surface area contributed by atoms with Crippen LogP contribution in [0.25, 0.3) is 11.0 Å². The summed E-state index contributed by atoms with van der Waals surface area (Å²) in [6.45, 7) is 5.02. The van der Waals surface area contributed by atoms with Crippen molar-refractivity contribution in [1.29, 1.82) is 0 Å². The van der Waals surface area contributed by atoms with Gasteiger partial charge in [-0.2, -0.15) is 0 Å². The number of hydrogen-bond donors (Lipinski definition) is 0. The number of imidazole rings is 1. The topological polar surface area (TPSA) is 26.9 Å². The zero-order valence-corrected chi connectivity index (χ0v) is 11.8. The second-order valence-electron chi connectivity index (χ2n) is 5.59.